The minimum atomic E-state index is -1.13. The Morgan fingerprint density at radius 2 is 1.82 bits per heavy atom. The molecule has 12 nitrogen and oxygen atoms in total. The highest BCUT2D eigenvalue weighted by atomic mass is 31.1. The summed E-state index contributed by atoms with van der Waals surface area (Å²) >= 11 is 0. The van der Waals surface area contributed by atoms with Crippen LogP contribution in [0.15, 0.2) is 36.4 Å². The molecule has 0 saturated carbocycles. The van der Waals surface area contributed by atoms with E-state index in [0.717, 1.165) is 31.4 Å². The third kappa shape index (κ3) is 7.44. The van der Waals surface area contributed by atoms with Gasteiger partial charge in [0.05, 0.1) is 12.7 Å². The van der Waals surface area contributed by atoms with Gasteiger partial charge in [-0.05, 0) is 12.8 Å². The number of ether oxygens (including phenoxy) is 2. The predicted molar refractivity (Wildman–Crippen MR) is 151 cm³/mol. The van der Waals surface area contributed by atoms with Crippen molar-refractivity contribution in [1.29, 1.82) is 0 Å². The molecule has 0 bridgehead atoms. The van der Waals surface area contributed by atoms with Gasteiger partial charge < -0.3 is 34.4 Å². The topological polar surface area (TPSA) is 137 Å². The zero-order chi connectivity index (χ0) is 28.5. The van der Waals surface area contributed by atoms with Crippen LogP contribution >= 0.6 is 8.81 Å². The number of benzene rings is 1. The van der Waals surface area contributed by atoms with Gasteiger partial charge in [0.15, 0.2) is 5.82 Å². The highest BCUT2D eigenvalue weighted by Crippen LogP contribution is 2.25. The van der Waals surface area contributed by atoms with E-state index in [1.54, 1.807) is 23.0 Å². The highest BCUT2D eigenvalue weighted by Gasteiger charge is 2.31. The summed E-state index contributed by atoms with van der Waals surface area (Å²) in [5.41, 5.74) is 0.851. The lowest BCUT2D eigenvalue weighted by Crippen LogP contribution is -2.55. The summed E-state index contributed by atoms with van der Waals surface area (Å²) in [7, 11) is 0.826. The summed E-state index contributed by atoms with van der Waals surface area (Å²) in [6.07, 6.45) is 2.26. The Morgan fingerprint density at radius 1 is 1.10 bits per heavy atom. The second-order valence-corrected chi connectivity index (χ2v) is 10.5. The largest absolute Gasteiger partial charge is 0.449 e. The van der Waals surface area contributed by atoms with Crippen LogP contribution in [0, 0.1) is 0 Å². The number of hydrogen-bond acceptors (Lipinski definition) is 9. The van der Waals surface area contributed by atoms with Crippen molar-refractivity contribution in [2.24, 2.45) is 0 Å². The van der Waals surface area contributed by atoms with Gasteiger partial charge in [-0.15, -0.1) is 0 Å². The normalized spacial score (nSPS) is 18.3. The first-order valence-corrected chi connectivity index (χ1v) is 14.6. The Hall–Kier alpha value is -3.34. The van der Waals surface area contributed by atoms with Gasteiger partial charge in [0.25, 0.3) is 11.8 Å². The lowest BCUT2D eigenvalue weighted by molar-refractivity contribution is -0.132. The first-order chi connectivity index (χ1) is 19.4. The van der Waals surface area contributed by atoms with Crippen molar-refractivity contribution in [3.63, 3.8) is 0 Å². The van der Waals surface area contributed by atoms with Gasteiger partial charge >= 0.3 is 6.09 Å². The Morgan fingerprint density at radius 3 is 2.48 bits per heavy atom. The quantitative estimate of drug-likeness (QED) is 0.324. The smallest absolute Gasteiger partial charge is 0.409 e. The molecule has 2 fully saturated rings. The molecule has 0 radical (unpaired) electrons. The summed E-state index contributed by atoms with van der Waals surface area (Å²) in [5.74, 6) is -1.14. The van der Waals surface area contributed by atoms with Crippen LogP contribution in [0.25, 0.3) is 11.4 Å². The van der Waals surface area contributed by atoms with E-state index in [-0.39, 0.29) is 24.9 Å². The number of nitrogens with zero attached hydrogens (tertiary/aromatic N) is 5. The summed E-state index contributed by atoms with van der Waals surface area (Å²) < 4.78 is 10.7. The van der Waals surface area contributed by atoms with Gasteiger partial charge in [-0.3, -0.25) is 9.59 Å². The standard InChI is InChI=1S/C27H37N6O6P/c1-3-4-16-39-27(36)32-14-12-31(13-15-32)26(35)25(40-37)30-24(34)21-17-22(33-11-10-20(18-33)38-2)29-23(28-21)19-8-6-5-7-9-19/h5-9,17,20,25,37,40H,3-4,10-16,18H2,1-2H3,(H,30,34)/t20-,25?/m0/s1. The van der Waals surface area contributed by atoms with Crippen LogP contribution in [-0.4, -0.2) is 107 Å². The van der Waals surface area contributed by atoms with Crippen LogP contribution in [0.2, 0.25) is 0 Å². The van der Waals surface area contributed by atoms with Gasteiger partial charge in [-0.1, -0.05) is 43.7 Å². The number of piperazine rings is 1. The number of aromatic nitrogens is 2. The molecular weight excluding hydrogens is 535 g/mol. The minimum Gasteiger partial charge on any atom is -0.449 e. The average molecular weight is 573 g/mol. The van der Waals surface area contributed by atoms with Crippen molar-refractivity contribution in [3.8, 4) is 11.4 Å². The summed E-state index contributed by atoms with van der Waals surface area (Å²) in [6, 6.07) is 11.0. The maximum Gasteiger partial charge on any atom is 0.409 e. The van der Waals surface area contributed by atoms with Crippen LogP contribution < -0.4 is 10.2 Å². The van der Waals surface area contributed by atoms with E-state index in [2.05, 4.69) is 10.3 Å². The number of nitrogens with one attached hydrogen (secondary N) is 1. The molecule has 3 atom stereocenters. The molecule has 3 amide bonds. The molecule has 13 heteroatoms. The molecule has 2 saturated heterocycles. The van der Waals surface area contributed by atoms with Gasteiger partial charge in [0.2, 0.25) is 0 Å². The number of unbranched alkanes of at least 4 members (excludes halogenated alkanes) is 1. The number of anilines is 1. The van der Waals surface area contributed by atoms with Gasteiger partial charge in [-0.25, -0.2) is 14.8 Å². The van der Waals surface area contributed by atoms with Crippen LogP contribution in [0.5, 0.6) is 0 Å². The van der Waals surface area contributed by atoms with E-state index in [1.807, 2.05) is 42.2 Å². The van der Waals surface area contributed by atoms with E-state index in [9.17, 15) is 19.3 Å². The predicted octanol–water partition coefficient (Wildman–Crippen LogP) is 2.09. The van der Waals surface area contributed by atoms with Crippen molar-refractivity contribution < 1.29 is 28.8 Å². The molecule has 4 rings (SSSR count). The molecule has 216 valence electrons. The second kappa shape index (κ2) is 14.3. The maximum absolute atomic E-state index is 13.3. The lowest BCUT2D eigenvalue weighted by atomic mass is 10.2. The van der Waals surface area contributed by atoms with Crippen LogP contribution in [0.4, 0.5) is 10.6 Å². The van der Waals surface area contributed by atoms with Crippen LogP contribution in [-0.2, 0) is 14.3 Å². The van der Waals surface area contributed by atoms with E-state index >= 15 is 0 Å². The van der Waals surface area contributed by atoms with E-state index in [4.69, 9.17) is 14.5 Å². The fourth-order valence-corrected chi connectivity index (χ4v) is 5.09. The number of hydrogen-bond donors (Lipinski definition) is 2. The highest BCUT2D eigenvalue weighted by molar-refractivity contribution is 7.33. The fraction of sp³-hybridized carbons (Fsp3) is 0.519. The molecule has 1 aromatic heterocycles. The Bertz CT molecular complexity index is 1160. The zero-order valence-corrected chi connectivity index (χ0v) is 23.9. The number of methoxy groups -OCH3 is 1. The third-order valence-electron chi connectivity index (χ3n) is 7.00. The van der Waals surface area contributed by atoms with Crippen molar-refractivity contribution in [1.82, 2.24) is 25.1 Å². The van der Waals surface area contributed by atoms with Crippen LogP contribution in [0.3, 0.4) is 0 Å². The molecule has 40 heavy (non-hydrogen) atoms. The van der Waals surface area contributed by atoms with Crippen molar-refractivity contribution in [3.05, 3.63) is 42.1 Å². The molecule has 2 unspecified atom stereocenters. The zero-order valence-electron chi connectivity index (χ0n) is 22.9. The molecular formula is C27H37N6O6P. The van der Waals surface area contributed by atoms with Crippen LogP contribution in [0.1, 0.15) is 36.7 Å². The molecule has 0 aliphatic carbocycles. The van der Waals surface area contributed by atoms with Gasteiger partial charge in [0.1, 0.15) is 17.3 Å². The summed E-state index contributed by atoms with van der Waals surface area (Å²) in [5, 5.41) is 2.66. The molecule has 2 aliphatic rings. The lowest BCUT2D eigenvalue weighted by Gasteiger charge is -2.35. The van der Waals surface area contributed by atoms with E-state index < -0.39 is 32.5 Å². The molecule has 3 heterocycles. The SMILES string of the molecule is CCCCOC(=O)N1CCN(C(=O)C(NC(=O)c2cc(N3CC[C@H](OC)C3)nc(-c3ccccc3)n2)PO)CC1. The monoisotopic (exact) mass is 572 g/mol. The van der Waals surface area contributed by atoms with Gasteiger partial charge in [-0.2, -0.15) is 0 Å². The second-order valence-electron chi connectivity index (χ2n) is 9.71. The fourth-order valence-electron chi connectivity index (χ4n) is 4.60. The van der Waals surface area contributed by atoms with Crippen molar-refractivity contribution in [2.75, 3.05) is 57.9 Å². The summed E-state index contributed by atoms with van der Waals surface area (Å²) in [6.45, 7) is 4.96. The minimum absolute atomic E-state index is 0.0728. The Labute approximate surface area is 235 Å². The average Bonchev–Trinajstić information content (AvgIpc) is 3.49. The first kappa shape index (κ1) is 29.6. The van der Waals surface area contributed by atoms with Crippen molar-refractivity contribution >= 4 is 32.5 Å². The van der Waals surface area contributed by atoms with Gasteiger partial charge in [0, 0.05) is 66.8 Å². The van der Waals surface area contributed by atoms with Crippen molar-refractivity contribution in [2.45, 2.75) is 38.1 Å². The molecule has 2 aliphatic heterocycles. The van der Waals surface area contributed by atoms with E-state index in [1.165, 1.54) is 0 Å². The molecule has 1 aromatic carbocycles. The Kier molecular flexibility index (Phi) is 10.6. The molecule has 2 aromatic rings. The molecule has 0 spiro atoms. The maximum atomic E-state index is 13.3. The number of carbonyl (C=O) groups excluding carboxylic acids is 3. The number of amides is 3. The number of rotatable bonds is 10. The number of carbonyl (C=O) groups is 3. The van der Waals surface area contributed by atoms with E-state index in [0.29, 0.717) is 37.9 Å². The Balaban J connectivity index is 1.44. The summed E-state index contributed by atoms with van der Waals surface area (Å²) in [4.78, 5) is 63.1. The molecule has 2 N–H and O–H groups in total. The first-order valence-electron chi connectivity index (χ1n) is 13.6. The third-order valence-corrected chi connectivity index (χ3v) is 7.65.